The number of hydrogen-bond acceptors (Lipinski definition) is 4. The molecule has 0 bridgehead atoms. The highest BCUT2D eigenvalue weighted by Gasteiger charge is 2.13. The van der Waals surface area contributed by atoms with Crippen molar-refractivity contribution in [2.75, 3.05) is 0 Å². The van der Waals surface area contributed by atoms with Crippen molar-refractivity contribution in [3.63, 3.8) is 0 Å². The molecule has 5 aromatic carbocycles. The van der Waals surface area contributed by atoms with Crippen LogP contribution in [-0.4, -0.2) is 0 Å². The van der Waals surface area contributed by atoms with Crippen LogP contribution in [0.1, 0.15) is 22.3 Å². The summed E-state index contributed by atoms with van der Waals surface area (Å²) in [6.45, 7) is 0. The minimum Gasteiger partial charge on any atom is -0.192 e. The second-order valence-corrected chi connectivity index (χ2v) is 7.00. The number of nitriles is 4. The van der Waals surface area contributed by atoms with Crippen LogP contribution in [0.5, 0.6) is 0 Å². The Morgan fingerprint density at radius 3 is 0.900 bits per heavy atom. The van der Waals surface area contributed by atoms with E-state index in [9.17, 15) is 21.0 Å². The van der Waals surface area contributed by atoms with Crippen molar-refractivity contribution in [3.8, 4) is 24.3 Å². The van der Waals surface area contributed by atoms with Gasteiger partial charge in [0, 0.05) is 10.8 Å². The Hall–Kier alpha value is -4.90. The normalized spacial score (nSPS) is 10.5. The van der Waals surface area contributed by atoms with Gasteiger partial charge in [-0.05, 0) is 44.5 Å². The molecule has 0 saturated heterocycles. The van der Waals surface area contributed by atoms with Crippen molar-refractivity contribution in [1.29, 1.82) is 21.0 Å². The van der Waals surface area contributed by atoms with E-state index < -0.39 is 0 Å². The fourth-order valence-electron chi connectivity index (χ4n) is 4.28. The van der Waals surface area contributed by atoms with Crippen LogP contribution in [0.25, 0.3) is 43.1 Å². The van der Waals surface area contributed by atoms with E-state index in [-0.39, 0.29) is 0 Å². The third-order valence-electron chi connectivity index (χ3n) is 5.66. The number of benzene rings is 5. The van der Waals surface area contributed by atoms with Crippen molar-refractivity contribution in [2.45, 2.75) is 0 Å². The summed E-state index contributed by atoms with van der Waals surface area (Å²) in [4.78, 5) is 0. The van der Waals surface area contributed by atoms with Crippen LogP contribution >= 0.6 is 0 Å². The summed E-state index contributed by atoms with van der Waals surface area (Å²) in [5, 5.41) is 45.1. The Balaban J connectivity index is 1.94. The van der Waals surface area contributed by atoms with E-state index in [1.807, 2.05) is 48.5 Å². The van der Waals surface area contributed by atoms with Crippen molar-refractivity contribution in [1.82, 2.24) is 0 Å². The van der Waals surface area contributed by atoms with Gasteiger partial charge >= 0.3 is 0 Å². The fourth-order valence-corrected chi connectivity index (χ4v) is 4.28. The average molecular weight is 378 g/mol. The van der Waals surface area contributed by atoms with Crippen LogP contribution in [0, 0.1) is 45.3 Å². The second-order valence-electron chi connectivity index (χ2n) is 7.00. The summed E-state index contributed by atoms with van der Waals surface area (Å²) in [5.41, 5.74) is 1.51. The zero-order valence-corrected chi connectivity index (χ0v) is 15.6. The predicted octanol–water partition coefficient (Wildman–Crippen LogP) is 5.79. The summed E-state index contributed by atoms with van der Waals surface area (Å²) in [6.07, 6.45) is 0. The highest BCUT2D eigenvalue weighted by Crippen LogP contribution is 2.37. The molecule has 0 aliphatic rings. The van der Waals surface area contributed by atoms with Crippen molar-refractivity contribution < 1.29 is 0 Å². The van der Waals surface area contributed by atoms with E-state index in [0.717, 1.165) is 43.1 Å². The van der Waals surface area contributed by atoms with E-state index in [1.54, 1.807) is 12.1 Å². The van der Waals surface area contributed by atoms with Crippen LogP contribution in [-0.2, 0) is 0 Å². The first-order chi connectivity index (χ1) is 14.7. The van der Waals surface area contributed by atoms with Gasteiger partial charge in [0.05, 0.1) is 22.3 Å². The highest BCUT2D eigenvalue weighted by atomic mass is 14.3. The van der Waals surface area contributed by atoms with E-state index in [1.165, 1.54) is 0 Å². The molecule has 0 amide bonds. The lowest BCUT2D eigenvalue weighted by Crippen LogP contribution is -1.90. The lowest BCUT2D eigenvalue weighted by Gasteiger charge is -2.12. The molecule has 4 nitrogen and oxygen atoms in total. The molecule has 0 radical (unpaired) electrons. The van der Waals surface area contributed by atoms with Gasteiger partial charge in [-0.25, -0.2) is 0 Å². The molecule has 5 rings (SSSR count). The number of hydrogen-bond donors (Lipinski definition) is 0. The van der Waals surface area contributed by atoms with Crippen molar-refractivity contribution >= 4 is 43.1 Å². The molecule has 0 unspecified atom stereocenters. The van der Waals surface area contributed by atoms with Crippen LogP contribution < -0.4 is 0 Å². The lowest BCUT2D eigenvalue weighted by molar-refractivity contribution is 1.45. The van der Waals surface area contributed by atoms with Crippen molar-refractivity contribution in [2.24, 2.45) is 0 Å². The third kappa shape index (κ3) is 2.17. The zero-order valence-electron chi connectivity index (χ0n) is 15.6. The SMILES string of the molecule is N#Cc1ccc2c(ccc3c2ccc2c4ccc(C#N)c(C#N)c4ccc23)c1C#N. The maximum Gasteiger partial charge on any atom is 0.101 e. The number of rotatable bonds is 0. The largest absolute Gasteiger partial charge is 0.192 e. The molecule has 0 aliphatic heterocycles. The van der Waals surface area contributed by atoms with Gasteiger partial charge < -0.3 is 0 Å². The van der Waals surface area contributed by atoms with Gasteiger partial charge in [0.1, 0.15) is 24.3 Å². The topological polar surface area (TPSA) is 95.2 Å². The summed E-state index contributed by atoms with van der Waals surface area (Å²) >= 11 is 0. The molecular formula is C26H10N4. The maximum absolute atomic E-state index is 9.55. The molecule has 0 aliphatic carbocycles. The molecule has 0 heterocycles. The van der Waals surface area contributed by atoms with Gasteiger partial charge in [-0.1, -0.05) is 48.5 Å². The maximum atomic E-state index is 9.55. The first-order valence-corrected chi connectivity index (χ1v) is 9.20. The Bertz CT molecular complexity index is 1600. The average Bonchev–Trinajstić information content (AvgIpc) is 2.81. The van der Waals surface area contributed by atoms with Gasteiger partial charge in [0.2, 0.25) is 0 Å². The molecular weight excluding hydrogens is 368 g/mol. The lowest BCUT2D eigenvalue weighted by atomic mass is 9.90. The third-order valence-corrected chi connectivity index (χ3v) is 5.66. The quantitative estimate of drug-likeness (QED) is 0.319. The first kappa shape index (κ1) is 17.2. The van der Waals surface area contributed by atoms with Crippen LogP contribution in [0.2, 0.25) is 0 Å². The van der Waals surface area contributed by atoms with Crippen LogP contribution in [0.15, 0.2) is 60.7 Å². The van der Waals surface area contributed by atoms with Gasteiger partial charge in [-0.15, -0.1) is 0 Å². The van der Waals surface area contributed by atoms with Crippen LogP contribution in [0.4, 0.5) is 0 Å². The Morgan fingerprint density at radius 2 is 0.600 bits per heavy atom. The Kier molecular flexibility index (Phi) is 3.63. The Labute approximate surface area is 171 Å². The molecule has 0 spiro atoms. The van der Waals surface area contributed by atoms with Crippen molar-refractivity contribution in [3.05, 3.63) is 82.9 Å². The fraction of sp³-hybridized carbons (Fsp3) is 0. The molecule has 0 saturated carbocycles. The zero-order chi connectivity index (χ0) is 20.8. The molecule has 4 heteroatoms. The summed E-state index contributed by atoms with van der Waals surface area (Å²) < 4.78 is 0. The molecule has 0 atom stereocenters. The molecule has 0 aromatic heterocycles. The van der Waals surface area contributed by atoms with Gasteiger partial charge in [-0.3, -0.25) is 0 Å². The number of nitrogens with zero attached hydrogens (tertiary/aromatic N) is 4. The van der Waals surface area contributed by atoms with Gasteiger partial charge in [0.15, 0.2) is 0 Å². The highest BCUT2D eigenvalue weighted by molar-refractivity contribution is 6.23. The summed E-state index contributed by atoms with van der Waals surface area (Å²) in [5.74, 6) is 0. The van der Waals surface area contributed by atoms with Gasteiger partial charge in [0.25, 0.3) is 0 Å². The second kappa shape index (κ2) is 6.32. The van der Waals surface area contributed by atoms with E-state index in [4.69, 9.17) is 0 Å². The standard InChI is InChI=1S/C26H10N4/c27-11-15-1-3-17-19-5-6-20-18-4-2-16(12-28)26(14-30)24(18)10-8-22(20)21(19)7-9-23(17)25(15)13-29/h1-10H. The van der Waals surface area contributed by atoms with Crippen LogP contribution in [0.3, 0.4) is 0 Å². The van der Waals surface area contributed by atoms with E-state index >= 15 is 0 Å². The molecule has 134 valence electrons. The molecule has 5 aromatic rings. The smallest absolute Gasteiger partial charge is 0.101 e. The summed E-state index contributed by atoms with van der Waals surface area (Å²) in [7, 11) is 0. The minimum atomic E-state index is 0.369. The molecule has 30 heavy (non-hydrogen) atoms. The first-order valence-electron chi connectivity index (χ1n) is 9.20. The molecule has 0 fully saturated rings. The Morgan fingerprint density at radius 1 is 0.333 bits per heavy atom. The monoisotopic (exact) mass is 378 g/mol. The summed E-state index contributed by atoms with van der Waals surface area (Å²) in [6, 6.07) is 27.4. The van der Waals surface area contributed by atoms with Gasteiger partial charge in [-0.2, -0.15) is 21.0 Å². The van der Waals surface area contributed by atoms with E-state index in [2.05, 4.69) is 24.3 Å². The number of fused-ring (bicyclic) bond motifs is 7. The molecule has 0 N–H and O–H groups in total. The predicted molar refractivity (Wildman–Crippen MR) is 115 cm³/mol. The van der Waals surface area contributed by atoms with E-state index in [0.29, 0.717) is 22.3 Å². The minimum absolute atomic E-state index is 0.369.